The summed E-state index contributed by atoms with van der Waals surface area (Å²) >= 11 is 0. The lowest BCUT2D eigenvalue weighted by Crippen LogP contribution is -2.51. The fourth-order valence-electron chi connectivity index (χ4n) is 4.32. The SMILES string of the molecule is C[C@H](NC(=O)C1CCCCC1)C(=O)N1CCC(N2CCNCC2)C1. The molecule has 2 saturated heterocycles. The quantitative estimate of drug-likeness (QED) is 0.788. The average molecular weight is 336 g/mol. The lowest BCUT2D eigenvalue weighted by atomic mass is 9.88. The molecule has 2 amide bonds. The van der Waals surface area contributed by atoms with Gasteiger partial charge in [-0.15, -0.1) is 0 Å². The van der Waals surface area contributed by atoms with Gasteiger partial charge in [-0.2, -0.15) is 0 Å². The molecule has 0 bridgehead atoms. The normalized spacial score (nSPS) is 27.9. The number of piperazine rings is 1. The van der Waals surface area contributed by atoms with Crippen molar-refractivity contribution >= 4 is 11.8 Å². The number of carbonyl (C=O) groups excluding carboxylic acids is 2. The Morgan fingerprint density at radius 1 is 1.04 bits per heavy atom. The van der Waals surface area contributed by atoms with E-state index in [2.05, 4.69) is 15.5 Å². The fraction of sp³-hybridized carbons (Fsp3) is 0.889. The molecule has 3 aliphatic rings. The second-order valence-electron chi connectivity index (χ2n) is 7.58. The Labute approximate surface area is 145 Å². The molecule has 2 N–H and O–H groups in total. The third-order valence-electron chi connectivity index (χ3n) is 5.85. The van der Waals surface area contributed by atoms with Gasteiger partial charge in [-0.3, -0.25) is 14.5 Å². The first kappa shape index (κ1) is 17.7. The van der Waals surface area contributed by atoms with Gasteiger partial charge >= 0.3 is 0 Å². The van der Waals surface area contributed by atoms with Crippen molar-refractivity contribution < 1.29 is 9.59 Å². The van der Waals surface area contributed by atoms with Gasteiger partial charge in [-0.1, -0.05) is 19.3 Å². The van der Waals surface area contributed by atoms with E-state index in [1.165, 1.54) is 6.42 Å². The molecular weight excluding hydrogens is 304 g/mol. The number of hydrogen-bond donors (Lipinski definition) is 2. The summed E-state index contributed by atoms with van der Waals surface area (Å²) in [5.74, 6) is 0.270. The summed E-state index contributed by atoms with van der Waals surface area (Å²) in [7, 11) is 0. The zero-order valence-electron chi connectivity index (χ0n) is 14.9. The van der Waals surface area contributed by atoms with Gasteiger partial charge in [0.15, 0.2) is 0 Å². The zero-order chi connectivity index (χ0) is 16.9. The van der Waals surface area contributed by atoms with E-state index in [9.17, 15) is 9.59 Å². The van der Waals surface area contributed by atoms with Crippen LogP contribution < -0.4 is 10.6 Å². The highest BCUT2D eigenvalue weighted by molar-refractivity contribution is 5.88. The van der Waals surface area contributed by atoms with Crippen LogP contribution in [0.15, 0.2) is 0 Å². The van der Waals surface area contributed by atoms with Crippen molar-refractivity contribution in [3.63, 3.8) is 0 Å². The molecule has 0 radical (unpaired) electrons. The molecule has 2 atom stereocenters. The van der Waals surface area contributed by atoms with Crippen LogP contribution in [0.25, 0.3) is 0 Å². The minimum absolute atomic E-state index is 0.0772. The average Bonchev–Trinajstić information content (AvgIpc) is 3.12. The summed E-state index contributed by atoms with van der Waals surface area (Å²) in [6, 6.07) is 0.0819. The lowest BCUT2D eigenvalue weighted by molar-refractivity contribution is -0.136. The van der Waals surface area contributed by atoms with Crippen LogP contribution in [-0.4, -0.2) is 73.0 Å². The number of nitrogens with one attached hydrogen (secondary N) is 2. The molecule has 0 aromatic carbocycles. The molecule has 2 heterocycles. The minimum atomic E-state index is -0.402. The van der Waals surface area contributed by atoms with Crippen molar-refractivity contribution in [1.82, 2.24) is 20.4 Å². The summed E-state index contributed by atoms with van der Waals surface area (Å²) in [4.78, 5) is 29.5. The van der Waals surface area contributed by atoms with E-state index >= 15 is 0 Å². The summed E-state index contributed by atoms with van der Waals surface area (Å²) in [6.07, 6.45) is 6.51. The van der Waals surface area contributed by atoms with Gasteiger partial charge < -0.3 is 15.5 Å². The Balaban J connectivity index is 1.46. The number of carbonyl (C=O) groups is 2. The highest BCUT2D eigenvalue weighted by Crippen LogP contribution is 2.24. The Morgan fingerprint density at radius 2 is 1.75 bits per heavy atom. The second kappa shape index (κ2) is 8.30. The van der Waals surface area contributed by atoms with Crippen LogP contribution in [0.3, 0.4) is 0 Å². The van der Waals surface area contributed by atoms with E-state index in [-0.39, 0.29) is 17.7 Å². The molecule has 6 heteroatoms. The van der Waals surface area contributed by atoms with Crippen molar-refractivity contribution in [3.8, 4) is 0 Å². The molecule has 136 valence electrons. The van der Waals surface area contributed by atoms with Crippen LogP contribution >= 0.6 is 0 Å². The van der Waals surface area contributed by atoms with Crippen LogP contribution in [0.2, 0.25) is 0 Å². The van der Waals surface area contributed by atoms with Crippen LogP contribution in [0, 0.1) is 5.92 Å². The van der Waals surface area contributed by atoms with E-state index in [1.807, 2.05) is 11.8 Å². The monoisotopic (exact) mass is 336 g/mol. The van der Waals surface area contributed by atoms with Crippen LogP contribution in [0.5, 0.6) is 0 Å². The van der Waals surface area contributed by atoms with Gasteiger partial charge in [0, 0.05) is 51.2 Å². The number of hydrogen-bond acceptors (Lipinski definition) is 4. The summed E-state index contributed by atoms with van der Waals surface area (Å²) in [5, 5.41) is 6.34. The number of likely N-dealkylation sites (tertiary alicyclic amines) is 1. The van der Waals surface area contributed by atoms with Crippen molar-refractivity contribution in [3.05, 3.63) is 0 Å². The summed E-state index contributed by atoms with van der Waals surface area (Å²) in [5.41, 5.74) is 0. The molecule has 1 aliphatic carbocycles. The molecule has 1 unspecified atom stereocenters. The van der Waals surface area contributed by atoms with Crippen molar-refractivity contribution in [2.24, 2.45) is 5.92 Å². The van der Waals surface area contributed by atoms with E-state index in [0.717, 1.165) is 71.4 Å². The van der Waals surface area contributed by atoms with Crippen LogP contribution in [-0.2, 0) is 9.59 Å². The van der Waals surface area contributed by atoms with Crippen molar-refractivity contribution in [2.75, 3.05) is 39.3 Å². The standard InChI is InChI=1S/C18H32N4O2/c1-14(20-17(23)15-5-3-2-4-6-15)18(24)22-10-7-16(13-22)21-11-8-19-9-12-21/h14-16,19H,2-13H2,1H3,(H,20,23)/t14-,16?/m0/s1. The van der Waals surface area contributed by atoms with E-state index in [4.69, 9.17) is 0 Å². The van der Waals surface area contributed by atoms with Crippen molar-refractivity contribution in [1.29, 1.82) is 0 Å². The fourth-order valence-corrected chi connectivity index (χ4v) is 4.32. The van der Waals surface area contributed by atoms with E-state index < -0.39 is 6.04 Å². The maximum Gasteiger partial charge on any atom is 0.244 e. The Hall–Kier alpha value is -1.14. The Morgan fingerprint density at radius 3 is 2.46 bits per heavy atom. The zero-order valence-corrected chi connectivity index (χ0v) is 14.9. The van der Waals surface area contributed by atoms with Gasteiger partial charge in [-0.25, -0.2) is 0 Å². The molecule has 1 saturated carbocycles. The minimum Gasteiger partial charge on any atom is -0.344 e. The van der Waals surface area contributed by atoms with Gasteiger partial charge in [-0.05, 0) is 26.2 Å². The first-order valence-corrected chi connectivity index (χ1v) is 9.69. The highest BCUT2D eigenvalue weighted by Gasteiger charge is 2.33. The second-order valence-corrected chi connectivity index (χ2v) is 7.58. The predicted octanol–water partition coefficient (Wildman–Crippen LogP) is 0.578. The molecule has 0 spiro atoms. The maximum absolute atomic E-state index is 12.7. The molecule has 6 nitrogen and oxygen atoms in total. The van der Waals surface area contributed by atoms with E-state index in [1.54, 1.807) is 0 Å². The van der Waals surface area contributed by atoms with Crippen LogP contribution in [0.4, 0.5) is 0 Å². The Bertz CT molecular complexity index is 444. The molecule has 0 aromatic rings. The lowest BCUT2D eigenvalue weighted by Gasteiger charge is -2.32. The van der Waals surface area contributed by atoms with Gasteiger partial charge in [0.25, 0.3) is 0 Å². The molecule has 3 rings (SSSR count). The molecule has 3 fully saturated rings. The van der Waals surface area contributed by atoms with Crippen LogP contribution in [0.1, 0.15) is 45.4 Å². The third-order valence-corrected chi connectivity index (χ3v) is 5.85. The predicted molar refractivity (Wildman–Crippen MR) is 93.6 cm³/mol. The number of amides is 2. The van der Waals surface area contributed by atoms with Gasteiger partial charge in [0.05, 0.1) is 0 Å². The maximum atomic E-state index is 12.7. The topological polar surface area (TPSA) is 64.7 Å². The Kier molecular flexibility index (Phi) is 6.11. The smallest absolute Gasteiger partial charge is 0.244 e. The van der Waals surface area contributed by atoms with Gasteiger partial charge in [0.1, 0.15) is 6.04 Å². The summed E-state index contributed by atoms with van der Waals surface area (Å²) in [6.45, 7) is 7.68. The summed E-state index contributed by atoms with van der Waals surface area (Å²) < 4.78 is 0. The third kappa shape index (κ3) is 4.28. The van der Waals surface area contributed by atoms with Crippen molar-refractivity contribution in [2.45, 2.75) is 57.5 Å². The molecule has 24 heavy (non-hydrogen) atoms. The van der Waals surface area contributed by atoms with E-state index in [0.29, 0.717) is 6.04 Å². The first-order chi connectivity index (χ1) is 11.6. The molecule has 2 aliphatic heterocycles. The first-order valence-electron chi connectivity index (χ1n) is 9.69. The highest BCUT2D eigenvalue weighted by atomic mass is 16.2. The number of nitrogens with zero attached hydrogens (tertiary/aromatic N) is 2. The molecule has 0 aromatic heterocycles. The van der Waals surface area contributed by atoms with Gasteiger partial charge in [0.2, 0.25) is 11.8 Å². The largest absolute Gasteiger partial charge is 0.344 e. The molecular formula is C18H32N4O2. The number of rotatable bonds is 4.